The standard InChI is InChI=1S/C25H36N4O2.HI/c1-30-23-12-11-20(17-24(23)31-2)13-14-27-25(26)28-18-21-9-5-6-10-22(21)19-29-15-7-3-4-8-16-29;/h5-6,9-12,17H,3-4,7-8,13-16,18-19H2,1-2H3,(H3,26,27,28);1H. The first-order chi connectivity index (χ1) is 15.2. The second-order valence-electron chi connectivity index (χ2n) is 8.03. The minimum absolute atomic E-state index is 0. The van der Waals surface area contributed by atoms with Crippen LogP contribution in [0.2, 0.25) is 0 Å². The molecule has 1 aliphatic heterocycles. The van der Waals surface area contributed by atoms with Crippen molar-refractivity contribution >= 4 is 29.9 Å². The van der Waals surface area contributed by atoms with E-state index < -0.39 is 0 Å². The summed E-state index contributed by atoms with van der Waals surface area (Å²) in [6.45, 7) is 4.69. The van der Waals surface area contributed by atoms with Gasteiger partial charge in [-0.15, -0.1) is 24.0 Å². The van der Waals surface area contributed by atoms with Crippen LogP contribution in [-0.4, -0.2) is 44.7 Å². The second-order valence-corrected chi connectivity index (χ2v) is 8.03. The first kappa shape index (κ1) is 26.3. The quantitative estimate of drug-likeness (QED) is 0.275. The highest BCUT2D eigenvalue weighted by molar-refractivity contribution is 14.0. The Morgan fingerprint density at radius 3 is 2.34 bits per heavy atom. The Hall–Kier alpha value is -2.00. The van der Waals surface area contributed by atoms with E-state index in [1.165, 1.54) is 49.9 Å². The Balaban J connectivity index is 0.00000363. The van der Waals surface area contributed by atoms with Gasteiger partial charge >= 0.3 is 0 Å². The molecule has 3 rings (SSSR count). The van der Waals surface area contributed by atoms with Gasteiger partial charge in [0.1, 0.15) is 0 Å². The lowest BCUT2D eigenvalue weighted by Crippen LogP contribution is -2.33. The van der Waals surface area contributed by atoms with Gasteiger partial charge in [0, 0.05) is 13.1 Å². The molecule has 0 radical (unpaired) electrons. The van der Waals surface area contributed by atoms with Crippen LogP contribution in [0, 0.1) is 0 Å². The number of aliphatic imine (C=N–C) groups is 1. The summed E-state index contributed by atoms with van der Waals surface area (Å²) in [5, 5.41) is 3.22. The van der Waals surface area contributed by atoms with Gasteiger partial charge in [0.25, 0.3) is 0 Å². The van der Waals surface area contributed by atoms with E-state index in [-0.39, 0.29) is 24.0 Å². The molecule has 1 heterocycles. The van der Waals surface area contributed by atoms with Crippen LogP contribution in [0.4, 0.5) is 0 Å². The number of guanidine groups is 1. The molecular weight excluding hydrogens is 515 g/mol. The van der Waals surface area contributed by atoms with Crippen LogP contribution in [0.1, 0.15) is 42.4 Å². The van der Waals surface area contributed by atoms with Crippen molar-refractivity contribution in [3.05, 3.63) is 59.2 Å². The number of nitrogens with two attached hydrogens (primary N) is 1. The minimum atomic E-state index is 0. The van der Waals surface area contributed by atoms with Gasteiger partial charge in [0.2, 0.25) is 0 Å². The molecule has 32 heavy (non-hydrogen) atoms. The summed E-state index contributed by atoms with van der Waals surface area (Å²) in [6.07, 6.45) is 6.14. The van der Waals surface area contributed by atoms with E-state index in [2.05, 4.69) is 39.5 Å². The number of ether oxygens (including phenoxy) is 2. The van der Waals surface area contributed by atoms with Crippen molar-refractivity contribution < 1.29 is 9.47 Å². The number of methoxy groups -OCH3 is 2. The molecule has 2 aromatic carbocycles. The van der Waals surface area contributed by atoms with E-state index in [9.17, 15) is 0 Å². The van der Waals surface area contributed by atoms with Gasteiger partial charge in [-0.1, -0.05) is 43.2 Å². The number of benzene rings is 2. The zero-order chi connectivity index (χ0) is 21.9. The predicted molar refractivity (Wildman–Crippen MR) is 142 cm³/mol. The fourth-order valence-corrected chi connectivity index (χ4v) is 4.00. The first-order valence-corrected chi connectivity index (χ1v) is 11.2. The van der Waals surface area contributed by atoms with Gasteiger partial charge in [-0.25, -0.2) is 4.99 Å². The van der Waals surface area contributed by atoms with Gasteiger partial charge in [0.15, 0.2) is 17.5 Å². The summed E-state index contributed by atoms with van der Waals surface area (Å²) >= 11 is 0. The third kappa shape index (κ3) is 8.16. The van der Waals surface area contributed by atoms with Crippen molar-refractivity contribution in [2.24, 2.45) is 10.7 Å². The third-order valence-corrected chi connectivity index (χ3v) is 5.80. The molecule has 0 saturated carbocycles. The molecule has 0 aliphatic carbocycles. The smallest absolute Gasteiger partial charge is 0.188 e. The van der Waals surface area contributed by atoms with Crippen molar-refractivity contribution in [3.63, 3.8) is 0 Å². The topological polar surface area (TPSA) is 72.1 Å². The van der Waals surface area contributed by atoms with Gasteiger partial charge < -0.3 is 20.5 Å². The number of halogens is 1. The molecule has 1 saturated heterocycles. The number of likely N-dealkylation sites (tertiary alicyclic amines) is 1. The summed E-state index contributed by atoms with van der Waals surface area (Å²) in [5.74, 6) is 1.95. The largest absolute Gasteiger partial charge is 0.493 e. The van der Waals surface area contributed by atoms with Crippen LogP contribution >= 0.6 is 24.0 Å². The maximum atomic E-state index is 6.13. The molecule has 3 N–H and O–H groups in total. The molecule has 6 nitrogen and oxygen atoms in total. The SMILES string of the molecule is COc1ccc(CCNC(N)=NCc2ccccc2CN2CCCCCC2)cc1OC.I. The molecule has 0 atom stereocenters. The third-order valence-electron chi connectivity index (χ3n) is 5.80. The molecule has 1 fully saturated rings. The van der Waals surface area contributed by atoms with E-state index in [1.54, 1.807) is 14.2 Å². The molecule has 2 aromatic rings. The van der Waals surface area contributed by atoms with Crippen LogP contribution in [0.5, 0.6) is 11.5 Å². The van der Waals surface area contributed by atoms with Gasteiger partial charge in [-0.2, -0.15) is 0 Å². The highest BCUT2D eigenvalue weighted by atomic mass is 127. The zero-order valence-electron chi connectivity index (χ0n) is 19.3. The predicted octanol–water partition coefficient (Wildman–Crippen LogP) is 4.34. The van der Waals surface area contributed by atoms with Gasteiger partial charge in [-0.3, -0.25) is 4.90 Å². The lowest BCUT2D eigenvalue weighted by molar-refractivity contribution is 0.276. The van der Waals surface area contributed by atoms with Crippen molar-refractivity contribution in [2.75, 3.05) is 33.9 Å². The number of rotatable bonds is 9. The van der Waals surface area contributed by atoms with Crippen LogP contribution in [0.25, 0.3) is 0 Å². The lowest BCUT2D eigenvalue weighted by atomic mass is 10.1. The van der Waals surface area contributed by atoms with Crippen molar-refractivity contribution in [1.82, 2.24) is 10.2 Å². The van der Waals surface area contributed by atoms with Crippen LogP contribution in [0.15, 0.2) is 47.5 Å². The van der Waals surface area contributed by atoms with Crippen molar-refractivity contribution in [2.45, 2.75) is 45.2 Å². The Kier molecular flexibility index (Phi) is 11.7. The zero-order valence-corrected chi connectivity index (χ0v) is 21.6. The van der Waals surface area contributed by atoms with Crippen LogP contribution in [0.3, 0.4) is 0 Å². The van der Waals surface area contributed by atoms with Gasteiger partial charge in [-0.05, 0) is 61.2 Å². The molecule has 176 valence electrons. The number of hydrogen-bond acceptors (Lipinski definition) is 4. The van der Waals surface area contributed by atoms with Crippen molar-refractivity contribution in [1.29, 1.82) is 0 Å². The summed E-state index contributed by atoms with van der Waals surface area (Å²) in [4.78, 5) is 7.15. The molecule has 0 unspecified atom stereocenters. The first-order valence-electron chi connectivity index (χ1n) is 11.2. The summed E-state index contributed by atoms with van der Waals surface area (Å²) < 4.78 is 10.7. The normalized spacial score (nSPS) is 14.9. The molecule has 0 spiro atoms. The second kappa shape index (κ2) is 14.2. The van der Waals surface area contributed by atoms with E-state index in [0.717, 1.165) is 30.0 Å². The maximum Gasteiger partial charge on any atom is 0.188 e. The molecule has 0 bridgehead atoms. The molecule has 1 aliphatic rings. The lowest BCUT2D eigenvalue weighted by Gasteiger charge is -2.21. The number of nitrogens with one attached hydrogen (secondary N) is 1. The highest BCUT2D eigenvalue weighted by Crippen LogP contribution is 2.27. The maximum absolute atomic E-state index is 6.13. The Bertz CT molecular complexity index is 852. The molecule has 7 heteroatoms. The molecular formula is C25H37IN4O2. The van der Waals surface area contributed by atoms with E-state index in [1.807, 2.05) is 18.2 Å². The summed E-state index contributed by atoms with van der Waals surface area (Å²) in [6, 6.07) is 14.5. The summed E-state index contributed by atoms with van der Waals surface area (Å²) in [5.41, 5.74) is 9.88. The number of hydrogen-bond donors (Lipinski definition) is 2. The monoisotopic (exact) mass is 552 g/mol. The Morgan fingerprint density at radius 1 is 0.969 bits per heavy atom. The fraction of sp³-hybridized carbons (Fsp3) is 0.480. The minimum Gasteiger partial charge on any atom is -0.493 e. The fourth-order valence-electron chi connectivity index (χ4n) is 4.00. The van der Waals surface area contributed by atoms with E-state index >= 15 is 0 Å². The van der Waals surface area contributed by atoms with Gasteiger partial charge in [0.05, 0.1) is 20.8 Å². The van der Waals surface area contributed by atoms with E-state index in [0.29, 0.717) is 19.0 Å². The summed E-state index contributed by atoms with van der Waals surface area (Å²) in [7, 11) is 3.29. The van der Waals surface area contributed by atoms with Crippen LogP contribution < -0.4 is 20.5 Å². The Labute approximate surface area is 209 Å². The van der Waals surface area contributed by atoms with Crippen molar-refractivity contribution in [3.8, 4) is 11.5 Å². The van der Waals surface area contributed by atoms with E-state index in [4.69, 9.17) is 15.2 Å². The average molecular weight is 553 g/mol. The molecule has 0 amide bonds. The van der Waals surface area contributed by atoms with Crippen LogP contribution in [-0.2, 0) is 19.5 Å². The highest BCUT2D eigenvalue weighted by Gasteiger charge is 2.11. The molecule has 0 aromatic heterocycles. The number of nitrogens with zero attached hydrogens (tertiary/aromatic N) is 2. The Morgan fingerprint density at radius 2 is 1.66 bits per heavy atom. The average Bonchev–Trinajstić information content (AvgIpc) is 3.07.